The molecule has 21 heavy (non-hydrogen) atoms. The van der Waals surface area contributed by atoms with E-state index in [-0.39, 0.29) is 10.7 Å². The average Bonchev–Trinajstić information content (AvgIpc) is 2.46. The van der Waals surface area contributed by atoms with Crippen LogP contribution in [0.4, 0.5) is 0 Å². The van der Waals surface area contributed by atoms with Crippen molar-refractivity contribution in [3.8, 4) is 0 Å². The summed E-state index contributed by atoms with van der Waals surface area (Å²) in [5, 5.41) is 11.5. The Morgan fingerprint density at radius 2 is 1.62 bits per heavy atom. The Hall–Kier alpha value is -2.01. The van der Waals surface area contributed by atoms with Gasteiger partial charge in [-0.25, -0.2) is 0 Å². The Kier molecular flexibility index (Phi) is 4.85. The predicted octanol–water partition coefficient (Wildman–Crippen LogP) is 4.14. The van der Waals surface area contributed by atoms with Crippen molar-refractivity contribution in [2.45, 2.75) is 18.9 Å². The third kappa shape index (κ3) is 3.55. The lowest BCUT2D eigenvalue weighted by molar-refractivity contribution is -0.531. The molecule has 0 saturated heterocycles. The van der Waals surface area contributed by atoms with Crippen LogP contribution < -0.4 is 0 Å². The Morgan fingerprint density at radius 3 is 2.10 bits per heavy atom. The maximum Gasteiger partial charge on any atom is 0.251 e. The van der Waals surface area contributed by atoms with Gasteiger partial charge in [-0.1, -0.05) is 58.4 Å². The van der Waals surface area contributed by atoms with Gasteiger partial charge in [0.25, 0.3) is 6.04 Å². The summed E-state index contributed by atoms with van der Waals surface area (Å²) in [5.74, 6) is -1.01. The molecule has 0 bridgehead atoms. The number of hydrogen-bond donors (Lipinski definition) is 0. The number of hydrogen-bond acceptors (Lipinski definition) is 3. The van der Waals surface area contributed by atoms with Gasteiger partial charge in [0.2, 0.25) is 0 Å². The van der Waals surface area contributed by atoms with Gasteiger partial charge in [-0.3, -0.25) is 14.9 Å². The lowest BCUT2D eigenvalue weighted by Gasteiger charge is -2.19. The number of benzene rings is 2. The van der Waals surface area contributed by atoms with E-state index in [1.807, 2.05) is 6.07 Å². The summed E-state index contributed by atoms with van der Waals surface area (Å²) in [4.78, 5) is 23.2. The zero-order valence-electron chi connectivity index (χ0n) is 11.4. The molecule has 2 atom stereocenters. The van der Waals surface area contributed by atoms with Crippen LogP contribution in [0.5, 0.6) is 0 Å². The first-order chi connectivity index (χ1) is 10.0. The first kappa shape index (κ1) is 15.4. The molecule has 0 saturated carbocycles. The molecule has 0 aliphatic heterocycles. The van der Waals surface area contributed by atoms with Crippen LogP contribution in [0.2, 0.25) is 0 Å². The van der Waals surface area contributed by atoms with E-state index in [2.05, 4.69) is 15.9 Å². The quantitative estimate of drug-likeness (QED) is 0.603. The molecule has 0 N–H and O–H groups in total. The molecule has 108 valence electrons. The Labute approximate surface area is 131 Å². The number of Topliss-reactive ketones (excluding diaryl/α,β-unsaturated/α-hetero) is 1. The molecule has 0 heterocycles. The molecule has 0 amide bonds. The van der Waals surface area contributed by atoms with Crippen LogP contribution in [0.1, 0.15) is 30.0 Å². The van der Waals surface area contributed by atoms with E-state index >= 15 is 0 Å². The predicted molar refractivity (Wildman–Crippen MR) is 83.7 cm³/mol. The van der Waals surface area contributed by atoms with E-state index in [4.69, 9.17) is 0 Å². The van der Waals surface area contributed by atoms with Gasteiger partial charge in [-0.15, -0.1) is 0 Å². The van der Waals surface area contributed by atoms with Crippen LogP contribution in [0, 0.1) is 10.1 Å². The minimum absolute atomic E-state index is 0.217. The summed E-state index contributed by atoms with van der Waals surface area (Å²) in [7, 11) is 0. The number of nitrogens with zero attached hydrogens (tertiary/aromatic N) is 1. The van der Waals surface area contributed by atoms with E-state index < -0.39 is 12.0 Å². The number of ketones is 1. The molecule has 2 unspecified atom stereocenters. The fraction of sp³-hybridized carbons (Fsp3) is 0.188. The van der Waals surface area contributed by atoms with Crippen LogP contribution >= 0.6 is 15.9 Å². The average molecular weight is 348 g/mol. The van der Waals surface area contributed by atoms with Crippen molar-refractivity contribution in [2.24, 2.45) is 0 Å². The molecule has 0 spiro atoms. The number of carbonyl (C=O) groups is 1. The van der Waals surface area contributed by atoms with Gasteiger partial charge >= 0.3 is 0 Å². The summed E-state index contributed by atoms with van der Waals surface area (Å²) in [5.41, 5.74) is 1.18. The Balaban J connectivity index is 2.50. The van der Waals surface area contributed by atoms with Crippen molar-refractivity contribution in [3.05, 3.63) is 80.3 Å². The van der Waals surface area contributed by atoms with Crippen molar-refractivity contribution in [2.75, 3.05) is 0 Å². The SMILES string of the molecule is CC(=O)C(c1ccccc1)C(c1ccc(Br)cc1)[N+](=O)[O-]. The fourth-order valence-electron chi connectivity index (χ4n) is 2.40. The lowest BCUT2D eigenvalue weighted by Crippen LogP contribution is -2.24. The highest BCUT2D eigenvalue weighted by Gasteiger charge is 2.37. The van der Waals surface area contributed by atoms with Crippen molar-refractivity contribution in [1.29, 1.82) is 0 Å². The van der Waals surface area contributed by atoms with Crippen LogP contribution in [-0.4, -0.2) is 10.7 Å². The third-order valence-corrected chi connectivity index (χ3v) is 3.88. The van der Waals surface area contributed by atoms with Crippen LogP contribution in [0.25, 0.3) is 0 Å². The summed E-state index contributed by atoms with van der Waals surface area (Å²) >= 11 is 3.31. The highest BCUT2D eigenvalue weighted by molar-refractivity contribution is 9.10. The van der Waals surface area contributed by atoms with Crippen molar-refractivity contribution >= 4 is 21.7 Å². The molecule has 2 rings (SSSR count). The van der Waals surface area contributed by atoms with Gasteiger partial charge < -0.3 is 0 Å². The maximum absolute atomic E-state index is 12.0. The fourth-order valence-corrected chi connectivity index (χ4v) is 2.66. The zero-order valence-corrected chi connectivity index (χ0v) is 13.0. The maximum atomic E-state index is 12.0. The number of rotatable bonds is 5. The van der Waals surface area contributed by atoms with E-state index in [1.54, 1.807) is 48.5 Å². The second-order valence-corrected chi connectivity index (χ2v) is 5.70. The van der Waals surface area contributed by atoms with Gasteiger partial charge in [-0.2, -0.15) is 0 Å². The Morgan fingerprint density at radius 1 is 1.05 bits per heavy atom. The summed E-state index contributed by atoms with van der Waals surface area (Å²) in [6.45, 7) is 1.40. The van der Waals surface area contributed by atoms with E-state index in [1.165, 1.54) is 6.92 Å². The molecule has 4 nitrogen and oxygen atoms in total. The van der Waals surface area contributed by atoms with Gasteiger partial charge in [0.15, 0.2) is 0 Å². The molecular formula is C16H14BrNO3. The Bertz CT molecular complexity index is 640. The molecule has 5 heteroatoms. The van der Waals surface area contributed by atoms with Gasteiger partial charge in [0.1, 0.15) is 11.7 Å². The van der Waals surface area contributed by atoms with E-state index in [9.17, 15) is 14.9 Å². The van der Waals surface area contributed by atoms with Crippen molar-refractivity contribution in [1.82, 2.24) is 0 Å². The molecule has 0 radical (unpaired) electrons. The normalized spacial score (nSPS) is 13.4. The van der Waals surface area contributed by atoms with Gasteiger partial charge in [0.05, 0.1) is 0 Å². The van der Waals surface area contributed by atoms with E-state index in [0.29, 0.717) is 11.1 Å². The van der Waals surface area contributed by atoms with Gasteiger partial charge in [-0.05, 0) is 24.6 Å². The largest absolute Gasteiger partial charge is 0.299 e. The van der Waals surface area contributed by atoms with Crippen LogP contribution in [0.3, 0.4) is 0 Å². The number of halogens is 1. The summed E-state index contributed by atoms with van der Waals surface area (Å²) in [6.07, 6.45) is 0. The first-order valence-corrected chi connectivity index (χ1v) is 7.24. The third-order valence-electron chi connectivity index (χ3n) is 3.35. The smallest absolute Gasteiger partial charge is 0.251 e. The monoisotopic (exact) mass is 347 g/mol. The number of nitro groups is 1. The van der Waals surface area contributed by atoms with E-state index in [0.717, 1.165) is 4.47 Å². The summed E-state index contributed by atoms with van der Waals surface area (Å²) < 4.78 is 0.840. The lowest BCUT2D eigenvalue weighted by atomic mass is 9.85. The van der Waals surface area contributed by atoms with Gasteiger partial charge in [0, 0.05) is 15.0 Å². The minimum atomic E-state index is -1.09. The zero-order chi connectivity index (χ0) is 15.4. The molecule has 0 aliphatic carbocycles. The molecule has 2 aromatic carbocycles. The standard InChI is InChI=1S/C16H14BrNO3/c1-11(19)15(12-5-3-2-4-6-12)16(18(20)21)13-7-9-14(17)10-8-13/h2-10,15-16H,1H3. The number of carbonyl (C=O) groups excluding carboxylic acids is 1. The topological polar surface area (TPSA) is 60.2 Å². The molecule has 0 fully saturated rings. The second kappa shape index (κ2) is 6.63. The summed E-state index contributed by atoms with van der Waals surface area (Å²) in [6, 6.07) is 14.6. The molecular weight excluding hydrogens is 334 g/mol. The minimum Gasteiger partial charge on any atom is -0.299 e. The highest BCUT2D eigenvalue weighted by Crippen LogP contribution is 2.34. The molecule has 2 aromatic rings. The second-order valence-electron chi connectivity index (χ2n) is 4.78. The van der Waals surface area contributed by atoms with Crippen molar-refractivity contribution in [3.63, 3.8) is 0 Å². The van der Waals surface area contributed by atoms with Crippen molar-refractivity contribution < 1.29 is 9.72 Å². The first-order valence-electron chi connectivity index (χ1n) is 6.45. The highest BCUT2D eigenvalue weighted by atomic mass is 79.9. The molecule has 0 aromatic heterocycles. The molecule has 0 aliphatic rings. The van der Waals surface area contributed by atoms with Crippen LogP contribution in [0.15, 0.2) is 59.1 Å². The van der Waals surface area contributed by atoms with Crippen LogP contribution in [-0.2, 0) is 4.79 Å².